The van der Waals surface area contributed by atoms with Crippen molar-refractivity contribution in [2.45, 2.75) is 30.3 Å². The summed E-state index contributed by atoms with van der Waals surface area (Å²) in [4.78, 5) is 33.4. The van der Waals surface area contributed by atoms with Crippen molar-refractivity contribution >= 4 is 29.1 Å². The largest absolute Gasteiger partial charge is 0.493 e. The zero-order chi connectivity index (χ0) is 23.1. The lowest BCUT2D eigenvalue weighted by atomic mass is 10.1. The monoisotopic (exact) mass is 458 g/mol. The number of thioether (sulfide) groups is 1. The highest BCUT2D eigenvalue weighted by atomic mass is 32.2. The first-order chi connectivity index (χ1) is 14.6. The Morgan fingerprint density at radius 2 is 1.74 bits per heavy atom. The number of non-ortho nitro benzene ring substituents is 1. The number of nitro groups is 2. The van der Waals surface area contributed by atoms with Crippen molar-refractivity contribution in [1.29, 1.82) is 0 Å². The fourth-order valence-corrected chi connectivity index (χ4v) is 3.26. The molecule has 0 saturated carbocycles. The number of hydrogen-bond donors (Lipinski definition) is 0. The van der Waals surface area contributed by atoms with Crippen LogP contribution in [0, 0.1) is 20.2 Å². The SMILES string of the molecule is COc1cc(COC(=O)C(C)Sc2ccc([N+](=O)[O-])cc2)c([N+](=O)[O-])cc1OC(F)F. The summed E-state index contributed by atoms with van der Waals surface area (Å²) in [7, 11) is 1.16. The summed E-state index contributed by atoms with van der Waals surface area (Å²) < 4.78 is 39.2. The van der Waals surface area contributed by atoms with Crippen LogP contribution in [0.4, 0.5) is 20.2 Å². The molecule has 0 radical (unpaired) electrons. The first-order valence-electron chi connectivity index (χ1n) is 8.50. The van der Waals surface area contributed by atoms with Crippen molar-refractivity contribution in [2.75, 3.05) is 7.11 Å². The van der Waals surface area contributed by atoms with Crippen molar-refractivity contribution in [3.05, 3.63) is 62.2 Å². The van der Waals surface area contributed by atoms with E-state index in [0.29, 0.717) is 4.90 Å². The number of alkyl halides is 2. The Kier molecular flexibility index (Phi) is 8.07. The summed E-state index contributed by atoms with van der Waals surface area (Å²) in [6.07, 6.45) is 0. The number of methoxy groups -OCH3 is 1. The summed E-state index contributed by atoms with van der Waals surface area (Å²) in [6.45, 7) is -2.19. The van der Waals surface area contributed by atoms with Gasteiger partial charge in [0, 0.05) is 17.0 Å². The van der Waals surface area contributed by atoms with Crippen LogP contribution >= 0.6 is 11.8 Å². The van der Waals surface area contributed by atoms with E-state index in [-0.39, 0.29) is 17.0 Å². The highest BCUT2D eigenvalue weighted by Gasteiger charge is 2.24. The predicted molar refractivity (Wildman–Crippen MR) is 104 cm³/mol. The Hall–Kier alpha value is -3.48. The van der Waals surface area contributed by atoms with E-state index < -0.39 is 45.7 Å². The average molecular weight is 458 g/mol. The summed E-state index contributed by atoms with van der Waals surface area (Å²) in [5.74, 6) is -1.42. The number of carbonyl (C=O) groups excluding carboxylic acids is 1. The third-order valence-corrected chi connectivity index (χ3v) is 4.93. The van der Waals surface area contributed by atoms with Gasteiger partial charge in [0.15, 0.2) is 11.5 Å². The molecular formula is C18H16F2N2O8S. The van der Waals surface area contributed by atoms with Gasteiger partial charge in [0.25, 0.3) is 11.4 Å². The van der Waals surface area contributed by atoms with E-state index >= 15 is 0 Å². The second kappa shape index (κ2) is 10.5. The normalized spacial score (nSPS) is 11.6. The quantitative estimate of drug-likeness (QED) is 0.221. The van der Waals surface area contributed by atoms with Crippen LogP contribution in [0.25, 0.3) is 0 Å². The van der Waals surface area contributed by atoms with Crippen molar-refractivity contribution in [3.63, 3.8) is 0 Å². The molecule has 0 heterocycles. The van der Waals surface area contributed by atoms with Crippen LogP contribution in [0.1, 0.15) is 12.5 Å². The summed E-state index contributed by atoms with van der Waals surface area (Å²) >= 11 is 1.08. The van der Waals surface area contributed by atoms with Gasteiger partial charge in [-0.15, -0.1) is 11.8 Å². The van der Waals surface area contributed by atoms with E-state index in [1.165, 1.54) is 31.2 Å². The molecule has 2 aromatic rings. The van der Waals surface area contributed by atoms with Crippen molar-refractivity contribution in [2.24, 2.45) is 0 Å². The standard InChI is InChI=1S/C18H16F2N2O8S/c1-10(31-13-5-3-12(4-6-13)21(24)25)17(23)29-9-11-7-15(28-2)16(30-18(19)20)8-14(11)22(26)27/h3-8,10,18H,9H2,1-2H3. The van der Waals surface area contributed by atoms with E-state index in [2.05, 4.69) is 4.74 Å². The van der Waals surface area contributed by atoms with Crippen LogP contribution in [0.2, 0.25) is 0 Å². The molecule has 0 aliphatic rings. The van der Waals surface area contributed by atoms with Crippen molar-refractivity contribution in [1.82, 2.24) is 0 Å². The van der Waals surface area contributed by atoms with Crippen LogP contribution < -0.4 is 9.47 Å². The number of halogens is 2. The summed E-state index contributed by atoms with van der Waals surface area (Å²) in [5.41, 5.74) is -0.760. The van der Waals surface area contributed by atoms with Gasteiger partial charge >= 0.3 is 12.6 Å². The molecular weight excluding hydrogens is 442 g/mol. The zero-order valence-corrected chi connectivity index (χ0v) is 17.0. The molecule has 2 aromatic carbocycles. The molecule has 10 nitrogen and oxygen atoms in total. The van der Waals surface area contributed by atoms with Crippen LogP contribution in [-0.2, 0) is 16.1 Å². The highest BCUT2D eigenvalue weighted by Crippen LogP contribution is 2.36. The van der Waals surface area contributed by atoms with Gasteiger partial charge in [-0.05, 0) is 25.1 Å². The Morgan fingerprint density at radius 3 is 2.26 bits per heavy atom. The van der Waals surface area contributed by atoms with Gasteiger partial charge in [0.05, 0.1) is 28.6 Å². The lowest BCUT2D eigenvalue weighted by Crippen LogP contribution is -2.17. The smallest absolute Gasteiger partial charge is 0.387 e. The Morgan fingerprint density at radius 1 is 1.10 bits per heavy atom. The molecule has 31 heavy (non-hydrogen) atoms. The number of ether oxygens (including phenoxy) is 3. The Balaban J connectivity index is 2.10. The molecule has 2 rings (SSSR count). The van der Waals surface area contributed by atoms with Crippen LogP contribution in [0.3, 0.4) is 0 Å². The predicted octanol–water partition coefficient (Wildman–Crippen LogP) is 4.34. The lowest BCUT2D eigenvalue weighted by Gasteiger charge is -2.14. The maximum atomic E-state index is 12.5. The summed E-state index contributed by atoms with van der Waals surface area (Å²) in [5, 5.41) is 21.2. The van der Waals surface area contributed by atoms with E-state index in [1.54, 1.807) is 0 Å². The van der Waals surface area contributed by atoms with Crippen molar-refractivity contribution < 1.29 is 37.6 Å². The van der Waals surface area contributed by atoms with Crippen LogP contribution in [-0.4, -0.2) is 34.8 Å². The minimum Gasteiger partial charge on any atom is -0.493 e. The minimum absolute atomic E-state index is 0.0793. The lowest BCUT2D eigenvalue weighted by molar-refractivity contribution is -0.386. The first kappa shape index (κ1) is 23.8. The highest BCUT2D eigenvalue weighted by molar-refractivity contribution is 8.00. The van der Waals surface area contributed by atoms with Gasteiger partial charge in [-0.1, -0.05) is 0 Å². The molecule has 0 aromatic heterocycles. The molecule has 0 amide bonds. The van der Waals surface area contributed by atoms with Gasteiger partial charge < -0.3 is 14.2 Å². The maximum Gasteiger partial charge on any atom is 0.387 e. The van der Waals surface area contributed by atoms with Gasteiger partial charge in [-0.2, -0.15) is 8.78 Å². The van der Waals surface area contributed by atoms with Gasteiger partial charge in [-0.3, -0.25) is 25.0 Å². The van der Waals surface area contributed by atoms with E-state index in [9.17, 15) is 33.8 Å². The van der Waals surface area contributed by atoms with E-state index in [4.69, 9.17) is 9.47 Å². The second-order valence-electron chi connectivity index (χ2n) is 5.89. The third kappa shape index (κ3) is 6.50. The number of esters is 1. The molecule has 1 atom stereocenters. The Bertz CT molecular complexity index is 972. The maximum absolute atomic E-state index is 12.5. The molecule has 13 heteroatoms. The molecule has 0 spiro atoms. The Labute approximate surface area is 178 Å². The molecule has 1 unspecified atom stereocenters. The average Bonchev–Trinajstić information content (AvgIpc) is 2.71. The number of nitrogens with zero attached hydrogens (tertiary/aromatic N) is 2. The molecule has 0 aliphatic carbocycles. The number of benzene rings is 2. The molecule has 0 saturated heterocycles. The third-order valence-electron chi connectivity index (χ3n) is 3.84. The number of nitro benzene ring substituents is 2. The topological polar surface area (TPSA) is 131 Å². The molecule has 166 valence electrons. The van der Waals surface area contributed by atoms with Gasteiger partial charge in [-0.25, -0.2) is 0 Å². The number of carbonyl (C=O) groups is 1. The molecule has 0 aliphatic heterocycles. The van der Waals surface area contributed by atoms with Crippen molar-refractivity contribution in [3.8, 4) is 11.5 Å². The van der Waals surface area contributed by atoms with E-state index in [1.807, 2.05) is 0 Å². The summed E-state index contributed by atoms with van der Waals surface area (Å²) in [6, 6.07) is 7.38. The molecule has 0 bridgehead atoms. The van der Waals surface area contributed by atoms with Crippen LogP contribution in [0.5, 0.6) is 11.5 Å². The minimum atomic E-state index is -3.21. The van der Waals surface area contributed by atoms with E-state index in [0.717, 1.165) is 31.0 Å². The van der Waals surface area contributed by atoms with Crippen LogP contribution in [0.15, 0.2) is 41.3 Å². The zero-order valence-electron chi connectivity index (χ0n) is 16.2. The van der Waals surface area contributed by atoms with Gasteiger partial charge in [0.2, 0.25) is 0 Å². The first-order valence-corrected chi connectivity index (χ1v) is 9.38. The fraction of sp³-hybridized carbons (Fsp3) is 0.278. The molecule has 0 N–H and O–H groups in total. The number of hydrogen-bond acceptors (Lipinski definition) is 9. The second-order valence-corrected chi connectivity index (χ2v) is 7.30. The van der Waals surface area contributed by atoms with Gasteiger partial charge in [0.1, 0.15) is 11.9 Å². The molecule has 0 fully saturated rings. The number of rotatable bonds is 10. The fourth-order valence-electron chi connectivity index (χ4n) is 2.39.